The molecule has 26 heavy (non-hydrogen) atoms. The SMILES string of the molecule is CCCc1c(C(=O)OCC)oc2cccc(OCCCNC(C)(C)C)c12. The third-order valence-electron chi connectivity index (χ3n) is 3.97. The largest absolute Gasteiger partial charge is 0.493 e. The fourth-order valence-electron chi connectivity index (χ4n) is 2.87. The minimum absolute atomic E-state index is 0.105. The summed E-state index contributed by atoms with van der Waals surface area (Å²) in [6, 6.07) is 5.69. The quantitative estimate of drug-likeness (QED) is 0.517. The van der Waals surface area contributed by atoms with Gasteiger partial charge in [-0.1, -0.05) is 19.4 Å². The Kier molecular flexibility index (Phi) is 7.09. The Labute approximate surface area is 156 Å². The lowest BCUT2D eigenvalue weighted by atomic mass is 10.0. The second kappa shape index (κ2) is 9.08. The van der Waals surface area contributed by atoms with Crippen LogP contribution in [-0.2, 0) is 11.2 Å². The Morgan fingerprint density at radius 1 is 1.23 bits per heavy atom. The Morgan fingerprint density at radius 3 is 2.65 bits per heavy atom. The number of carbonyl (C=O) groups is 1. The number of benzene rings is 1. The van der Waals surface area contributed by atoms with Crippen molar-refractivity contribution in [3.63, 3.8) is 0 Å². The lowest BCUT2D eigenvalue weighted by Crippen LogP contribution is -2.36. The van der Waals surface area contributed by atoms with Crippen LogP contribution in [0.4, 0.5) is 0 Å². The summed E-state index contributed by atoms with van der Waals surface area (Å²) in [6.07, 6.45) is 2.55. The second-order valence-corrected chi connectivity index (χ2v) is 7.39. The van der Waals surface area contributed by atoms with Crippen molar-refractivity contribution in [1.29, 1.82) is 0 Å². The first kappa shape index (κ1) is 20.3. The molecule has 0 atom stereocenters. The van der Waals surface area contributed by atoms with E-state index in [9.17, 15) is 4.79 Å². The summed E-state index contributed by atoms with van der Waals surface area (Å²) in [5, 5.41) is 4.34. The number of hydrogen-bond acceptors (Lipinski definition) is 5. The highest BCUT2D eigenvalue weighted by Crippen LogP contribution is 2.35. The molecule has 0 radical (unpaired) electrons. The van der Waals surface area contributed by atoms with E-state index in [0.717, 1.165) is 42.5 Å². The molecule has 0 aliphatic rings. The van der Waals surface area contributed by atoms with Gasteiger partial charge in [0.1, 0.15) is 11.3 Å². The first-order chi connectivity index (χ1) is 12.4. The van der Waals surface area contributed by atoms with Crippen LogP contribution >= 0.6 is 0 Å². The van der Waals surface area contributed by atoms with E-state index in [1.807, 2.05) is 18.2 Å². The molecule has 0 saturated carbocycles. The minimum atomic E-state index is -0.410. The van der Waals surface area contributed by atoms with Crippen molar-refractivity contribution in [1.82, 2.24) is 5.32 Å². The van der Waals surface area contributed by atoms with Crippen molar-refractivity contribution >= 4 is 16.9 Å². The fourth-order valence-corrected chi connectivity index (χ4v) is 2.87. The van der Waals surface area contributed by atoms with Crippen molar-refractivity contribution in [2.45, 2.75) is 59.4 Å². The molecule has 0 unspecified atom stereocenters. The number of carbonyl (C=O) groups excluding carboxylic acids is 1. The van der Waals surface area contributed by atoms with E-state index in [0.29, 0.717) is 24.6 Å². The third kappa shape index (κ3) is 5.24. The molecule has 2 aromatic rings. The van der Waals surface area contributed by atoms with E-state index in [4.69, 9.17) is 13.9 Å². The van der Waals surface area contributed by atoms with Gasteiger partial charge in [-0.2, -0.15) is 0 Å². The van der Waals surface area contributed by atoms with Crippen LogP contribution in [0.2, 0.25) is 0 Å². The van der Waals surface area contributed by atoms with Crippen LogP contribution in [0.15, 0.2) is 22.6 Å². The zero-order chi connectivity index (χ0) is 19.2. The van der Waals surface area contributed by atoms with Gasteiger partial charge in [0.15, 0.2) is 0 Å². The van der Waals surface area contributed by atoms with Crippen LogP contribution < -0.4 is 10.1 Å². The third-order valence-corrected chi connectivity index (χ3v) is 3.97. The fraction of sp³-hybridized carbons (Fsp3) is 0.571. The predicted molar refractivity (Wildman–Crippen MR) is 104 cm³/mol. The Balaban J connectivity index is 2.20. The second-order valence-electron chi connectivity index (χ2n) is 7.39. The molecular weight excluding hydrogens is 330 g/mol. The highest BCUT2D eigenvalue weighted by atomic mass is 16.5. The van der Waals surface area contributed by atoms with Crippen molar-refractivity contribution in [2.24, 2.45) is 0 Å². The summed E-state index contributed by atoms with van der Waals surface area (Å²) < 4.78 is 17.0. The van der Waals surface area contributed by atoms with Gasteiger partial charge in [-0.05, 0) is 59.2 Å². The molecule has 144 valence electrons. The molecule has 5 heteroatoms. The zero-order valence-electron chi connectivity index (χ0n) is 16.6. The van der Waals surface area contributed by atoms with Crippen molar-refractivity contribution in [2.75, 3.05) is 19.8 Å². The number of ether oxygens (including phenoxy) is 2. The van der Waals surface area contributed by atoms with Gasteiger partial charge in [0, 0.05) is 11.1 Å². The predicted octanol–water partition coefficient (Wildman–Crippen LogP) is 4.72. The van der Waals surface area contributed by atoms with Gasteiger partial charge in [-0.25, -0.2) is 4.79 Å². The van der Waals surface area contributed by atoms with Gasteiger partial charge in [-0.15, -0.1) is 0 Å². The lowest BCUT2D eigenvalue weighted by Gasteiger charge is -2.20. The van der Waals surface area contributed by atoms with Crippen molar-refractivity contribution < 1.29 is 18.7 Å². The van der Waals surface area contributed by atoms with Crippen LogP contribution in [0.1, 0.15) is 63.6 Å². The summed E-state index contributed by atoms with van der Waals surface area (Å²) in [7, 11) is 0. The Morgan fingerprint density at radius 2 is 2.00 bits per heavy atom. The molecule has 0 amide bonds. The summed E-state index contributed by atoms with van der Waals surface area (Å²) >= 11 is 0. The van der Waals surface area contributed by atoms with Gasteiger partial charge in [0.05, 0.1) is 18.6 Å². The average Bonchev–Trinajstić information content (AvgIpc) is 2.94. The average molecular weight is 361 g/mol. The molecular formula is C21H31NO4. The normalized spacial score (nSPS) is 11.7. The van der Waals surface area contributed by atoms with Crippen LogP contribution in [0.5, 0.6) is 5.75 Å². The van der Waals surface area contributed by atoms with E-state index < -0.39 is 5.97 Å². The van der Waals surface area contributed by atoms with E-state index in [1.165, 1.54) is 0 Å². The van der Waals surface area contributed by atoms with Crippen LogP contribution in [0, 0.1) is 0 Å². The standard InChI is InChI=1S/C21H31NO4/c1-6-10-15-18-16(25-14-9-13-22-21(3,4)5)11-8-12-17(18)26-19(15)20(23)24-7-2/h8,11-12,22H,6-7,9-10,13-14H2,1-5H3. The smallest absolute Gasteiger partial charge is 0.374 e. The van der Waals surface area contributed by atoms with Crippen LogP contribution in [0.25, 0.3) is 11.0 Å². The van der Waals surface area contributed by atoms with Gasteiger partial charge >= 0.3 is 5.97 Å². The topological polar surface area (TPSA) is 60.7 Å². The molecule has 5 nitrogen and oxygen atoms in total. The zero-order valence-corrected chi connectivity index (χ0v) is 16.6. The van der Waals surface area contributed by atoms with Crippen molar-refractivity contribution in [3.8, 4) is 5.75 Å². The number of furan rings is 1. The van der Waals surface area contributed by atoms with E-state index in [2.05, 4.69) is 33.0 Å². The summed E-state index contributed by atoms with van der Waals surface area (Å²) in [5.74, 6) is 0.655. The Bertz CT molecular complexity index is 727. The maximum atomic E-state index is 12.2. The molecule has 0 spiro atoms. The highest BCUT2D eigenvalue weighted by molar-refractivity contribution is 5.98. The molecule has 0 bridgehead atoms. The number of esters is 1. The molecule has 1 heterocycles. The number of hydrogen-bond donors (Lipinski definition) is 1. The van der Waals surface area contributed by atoms with E-state index in [1.54, 1.807) is 6.92 Å². The number of aryl methyl sites for hydroxylation is 1. The first-order valence-electron chi connectivity index (χ1n) is 9.46. The van der Waals surface area contributed by atoms with Gasteiger partial charge < -0.3 is 19.2 Å². The monoisotopic (exact) mass is 361 g/mol. The molecule has 0 saturated heterocycles. The Hall–Kier alpha value is -2.01. The maximum Gasteiger partial charge on any atom is 0.374 e. The lowest BCUT2D eigenvalue weighted by molar-refractivity contribution is 0.0491. The van der Waals surface area contributed by atoms with E-state index in [-0.39, 0.29) is 5.54 Å². The minimum Gasteiger partial charge on any atom is -0.493 e. The summed E-state index contributed by atoms with van der Waals surface area (Å²) in [6.45, 7) is 12.1. The van der Waals surface area contributed by atoms with Gasteiger partial charge in [0.2, 0.25) is 5.76 Å². The number of rotatable bonds is 9. The molecule has 1 aromatic carbocycles. The molecule has 1 N–H and O–H groups in total. The molecule has 2 rings (SSSR count). The van der Waals surface area contributed by atoms with Gasteiger partial charge in [-0.3, -0.25) is 0 Å². The maximum absolute atomic E-state index is 12.2. The number of fused-ring (bicyclic) bond motifs is 1. The highest BCUT2D eigenvalue weighted by Gasteiger charge is 2.23. The summed E-state index contributed by atoms with van der Waals surface area (Å²) in [4.78, 5) is 12.2. The molecule has 0 aliphatic heterocycles. The van der Waals surface area contributed by atoms with Crippen LogP contribution in [-0.4, -0.2) is 31.3 Å². The molecule has 0 fully saturated rings. The molecule has 0 aliphatic carbocycles. The summed E-state index contributed by atoms with van der Waals surface area (Å²) in [5.41, 5.74) is 1.65. The van der Waals surface area contributed by atoms with Crippen LogP contribution in [0.3, 0.4) is 0 Å². The van der Waals surface area contributed by atoms with E-state index >= 15 is 0 Å². The first-order valence-corrected chi connectivity index (χ1v) is 9.46. The van der Waals surface area contributed by atoms with Gasteiger partial charge in [0.25, 0.3) is 0 Å². The number of nitrogens with one attached hydrogen (secondary N) is 1. The van der Waals surface area contributed by atoms with Crippen molar-refractivity contribution in [3.05, 3.63) is 29.5 Å². The molecule has 1 aromatic heterocycles.